The average Bonchev–Trinajstić information content (AvgIpc) is 2.36. The summed E-state index contributed by atoms with van der Waals surface area (Å²) >= 11 is 0. The molecule has 0 aliphatic heterocycles. The maximum atomic E-state index is 9.36. The van der Waals surface area contributed by atoms with E-state index in [-0.39, 0.29) is 0 Å². The lowest BCUT2D eigenvalue weighted by molar-refractivity contribution is 0.470. The lowest BCUT2D eigenvalue weighted by atomic mass is 10.1. The molecule has 0 aromatic heterocycles. The van der Waals surface area contributed by atoms with Gasteiger partial charge in [-0.3, -0.25) is 0 Å². The van der Waals surface area contributed by atoms with Crippen molar-refractivity contribution >= 4 is 6.08 Å². The molecule has 1 aliphatic rings. The number of rotatable bonds is 0. The van der Waals surface area contributed by atoms with Gasteiger partial charge < -0.3 is 5.11 Å². The van der Waals surface area contributed by atoms with Crippen molar-refractivity contribution in [3.8, 4) is 5.75 Å². The molecule has 0 fully saturated rings. The highest BCUT2D eigenvalue weighted by Gasteiger charge is 2.06. The first kappa shape index (κ1) is 6.47. The predicted molar refractivity (Wildman–Crippen MR) is 45.6 cm³/mol. The molecule has 0 atom stereocenters. The smallest absolute Gasteiger partial charge is 0.118 e. The van der Waals surface area contributed by atoms with Gasteiger partial charge in [0.15, 0.2) is 0 Å². The van der Waals surface area contributed by atoms with Crippen LogP contribution in [0.15, 0.2) is 18.2 Å². The average molecular weight is 146 g/mol. The Hall–Kier alpha value is -1.24. The normalized spacial score (nSPS) is 13.5. The molecule has 0 heterocycles. The topological polar surface area (TPSA) is 20.2 Å². The molecule has 0 spiro atoms. The van der Waals surface area contributed by atoms with Gasteiger partial charge in [-0.25, -0.2) is 0 Å². The second-order valence-electron chi connectivity index (χ2n) is 2.94. The van der Waals surface area contributed by atoms with E-state index in [4.69, 9.17) is 0 Å². The minimum absolute atomic E-state index is 0.410. The van der Waals surface area contributed by atoms with Gasteiger partial charge in [0.1, 0.15) is 5.75 Å². The summed E-state index contributed by atoms with van der Waals surface area (Å²) < 4.78 is 0. The second kappa shape index (κ2) is 2.12. The van der Waals surface area contributed by atoms with Gasteiger partial charge in [-0.05, 0) is 42.2 Å². The van der Waals surface area contributed by atoms with Crippen LogP contribution in [0.1, 0.15) is 16.7 Å². The van der Waals surface area contributed by atoms with E-state index in [0.717, 1.165) is 12.0 Å². The molecule has 1 N–H and O–H groups in total. The Morgan fingerprint density at radius 2 is 2.18 bits per heavy atom. The van der Waals surface area contributed by atoms with E-state index in [1.54, 1.807) is 0 Å². The van der Waals surface area contributed by atoms with Gasteiger partial charge in [-0.15, -0.1) is 0 Å². The maximum absolute atomic E-state index is 9.36. The van der Waals surface area contributed by atoms with Crippen LogP contribution in [-0.2, 0) is 6.42 Å². The number of allylic oxidation sites excluding steroid dienone is 1. The number of phenolic OH excluding ortho intramolecular Hbond substituents is 1. The van der Waals surface area contributed by atoms with Crippen LogP contribution in [-0.4, -0.2) is 5.11 Å². The summed E-state index contributed by atoms with van der Waals surface area (Å²) in [5.41, 5.74) is 3.43. The monoisotopic (exact) mass is 146 g/mol. The van der Waals surface area contributed by atoms with E-state index in [1.807, 2.05) is 19.1 Å². The predicted octanol–water partition coefficient (Wildman–Crippen LogP) is 2.27. The fourth-order valence-electron chi connectivity index (χ4n) is 1.41. The number of aromatic hydroxyl groups is 1. The molecule has 2 rings (SSSR count). The zero-order valence-electron chi connectivity index (χ0n) is 6.46. The highest BCUT2D eigenvalue weighted by atomic mass is 16.3. The molecule has 1 aromatic carbocycles. The Morgan fingerprint density at radius 1 is 1.36 bits per heavy atom. The minimum Gasteiger partial charge on any atom is -0.508 e. The molecule has 56 valence electrons. The van der Waals surface area contributed by atoms with E-state index < -0.39 is 0 Å². The third-order valence-corrected chi connectivity index (χ3v) is 2.09. The molecule has 1 heteroatoms. The zero-order valence-corrected chi connectivity index (χ0v) is 6.46. The molecule has 11 heavy (non-hydrogen) atoms. The molecule has 0 radical (unpaired) electrons. The number of aryl methyl sites for hydroxylation is 1. The van der Waals surface area contributed by atoms with E-state index in [1.165, 1.54) is 11.1 Å². The first-order valence-electron chi connectivity index (χ1n) is 3.76. The SMILES string of the molecule is Cc1cc2c(cc1O)CC=C2. The lowest BCUT2D eigenvalue weighted by Crippen LogP contribution is -1.83. The Kier molecular flexibility index (Phi) is 1.25. The van der Waals surface area contributed by atoms with Gasteiger partial charge in [-0.2, -0.15) is 0 Å². The first-order chi connectivity index (χ1) is 5.27. The Morgan fingerprint density at radius 3 is 3.00 bits per heavy atom. The molecule has 0 saturated carbocycles. The van der Waals surface area contributed by atoms with E-state index >= 15 is 0 Å². The number of hydrogen-bond acceptors (Lipinski definition) is 1. The molecule has 1 aliphatic carbocycles. The largest absolute Gasteiger partial charge is 0.508 e. The molecular weight excluding hydrogens is 136 g/mol. The van der Waals surface area contributed by atoms with Crippen molar-refractivity contribution in [2.75, 3.05) is 0 Å². The molecular formula is C10H10O. The van der Waals surface area contributed by atoms with Crippen LogP contribution < -0.4 is 0 Å². The molecule has 1 aromatic rings. The Bertz CT molecular complexity index is 324. The van der Waals surface area contributed by atoms with E-state index in [9.17, 15) is 5.11 Å². The molecule has 0 bridgehead atoms. The lowest BCUT2D eigenvalue weighted by Gasteiger charge is -2.02. The highest BCUT2D eigenvalue weighted by Crippen LogP contribution is 2.26. The summed E-state index contributed by atoms with van der Waals surface area (Å²) in [5, 5.41) is 9.36. The standard InChI is InChI=1S/C10H10O/c1-7-5-8-3-2-4-9(8)6-10(7)11/h2-3,5-6,11H,4H2,1H3. The van der Waals surface area contributed by atoms with Gasteiger partial charge in [0.05, 0.1) is 0 Å². The van der Waals surface area contributed by atoms with Gasteiger partial charge in [0.2, 0.25) is 0 Å². The summed E-state index contributed by atoms with van der Waals surface area (Å²) in [4.78, 5) is 0. The van der Waals surface area contributed by atoms with Crippen molar-refractivity contribution in [1.29, 1.82) is 0 Å². The summed E-state index contributed by atoms with van der Waals surface area (Å²) in [6, 6.07) is 3.87. The maximum Gasteiger partial charge on any atom is 0.118 e. The Labute approximate surface area is 66.0 Å². The third-order valence-electron chi connectivity index (χ3n) is 2.09. The van der Waals surface area contributed by atoms with Gasteiger partial charge >= 0.3 is 0 Å². The number of benzene rings is 1. The Balaban J connectivity index is 2.63. The van der Waals surface area contributed by atoms with Crippen molar-refractivity contribution in [3.63, 3.8) is 0 Å². The summed E-state index contributed by atoms with van der Waals surface area (Å²) in [7, 11) is 0. The van der Waals surface area contributed by atoms with E-state index in [0.29, 0.717) is 5.75 Å². The molecule has 0 saturated heterocycles. The van der Waals surface area contributed by atoms with Crippen molar-refractivity contribution in [3.05, 3.63) is 34.9 Å². The van der Waals surface area contributed by atoms with Crippen molar-refractivity contribution in [1.82, 2.24) is 0 Å². The van der Waals surface area contributed by atoms with Crippen LogP contribution in [0.3, 0.4) is 0 Å². The van der Waals surface area contributed by atoms with E-state index in [2.05, 4.69) is 12.2 Å². The number of hydrogen-bond donors (Lipinski definition) is 1. The summed E-state index contributed by atoms with van der Waals surface area (Å²) in [5.74, 6) is 0.410. The van der Waals surface area contributed by atoms with Crippen LogP contribution in [0.2, 0.25) is 0 Å². The molecule has 0 amide bonds. The molecule has 0 unspecified atom stereocenters. The summed E-state index contributed by atoms with van der Waals surface area (Å²) in [6.45, 7) is 1.92. The third kappa shape index (κ3) is 0.929. The van der Waals surface area contributed by atoms with Crippen LogP contribution in [0.4, 0.5) is 0 Å². The van der Waals surface area contributed by atoms with Crippen LogP contribution in [0.5, 0.6) is 5.75 Å². The van der Waals surface area contributed by atoms with Gasteiger partial charge in [-0.1, -0.05) is 12.2 Å². The van der Waals surface area contributed by atoms with Gasteiger partial charge in [0, 0.05) is 0 Å². The highest BCUT2D eigenvalue weighted by molar-refractivity contribution is 5.62. The number of fused-ring (bicyclic) bond motifs is 1. The number of phenols is 1. The minimum atomic E-state index is 0.410. The van der Waals surface area contributed by atoms with Crippen LogP contribution in [0, 0.1) is 6.92 Å². The molecule has 1 nitrogen and oxygen atoms in total. The van der Waals surface area contributed by atoms with Crippen molar-refractivity contribution in [2.45, 2.75) is 13.3 Å². The van der Waals surface area contributed by atoms with Crippen molar-refractivity contribution in [2.24, 2.45) is 0 Å². The van der Waals surface area contributed by atoms with Crippen LogP contribution in [0.25, 0.3) is 6.08 Å². The second-order valence-corrected chi connectivity index (χ2v) is 2.94. The quantitative estimate of drug-likeness (QED) is 0.595. The first-order valence-corrected chi connectivity index (χ1v) is 3.76. The van der Waals surface area contributed by atoms with Crippen molar-refractivity contribution < 1.29 is 5.11 Å². The summed E-state index contributed by atoms with van der Waals surface area (Å²) in [6.07, 6.45) is 5.18. The zero-order chi connectivity index (χ0) is 7.84. The van der Waals surface area contributed by atoms with Crippen LogP contribution >= 0.6 is 0 Å². The van der Waals surface area contributed by atoms with Gasteiger partial charge in [0.25, 0.3) is 0 Å². The fourth-order valence-corrected chi connectivity index (χ4v) is 1.41. The fraction of sp³-hybridized carbons (Fsp3) is 0.200.